The summed E-state index contributed by atoms with van der Waals surface area (Å²) in [6, 6.07) is 11.1. The van der Waals surface area contributed by atoms with E-state index >= 15 is 0 Å². The van der Waals surface area contributed by atoms with Crippen molar-refractivity contribution in [2.75, 3.05) is 5.32 Å². The molecule has 1 aromatic carbocycles. The number of hydrogen-bond donors (Lipinski definition) is 3. The lowest BCUT2D eigenvalue weighted by molar-refractivity contribution is -0.137. The van der Waals surface area contributed by atoms with Crippen LogP contribution >= 0.6 is 11.8 Å². The molecule has 1 aliphatic heterocycles. The summed E-state index contributed by atoms with van der Waals surface area (Å²) in [6.45, 7) is 0.409. The van der Waals surface area contributed by atoms with E-state index in [1.165, 1.54) is 18.3 Å². The molecule has 2 fully saturated rings. The Balaban J connectivity index is 1.17. The van der Waals surface area contributed by atoms with Crippen LogP contribution in [-0.2, 0) is 17.5 Å². The van der Waals surface area contributed by atoms with Gasteiger partial charge < -0.3 is 10.6 Å². The number of aromatic nitrogens is 3. The second kappa shape index (κ2) is 11.5. The first kappa shape index (κ1) is 26.8. The van der Waals surface area contributed by atoms with Crippen LogP contribution < -0.4 is 16.0 Å². The predicted octanol–water partition coefficient (Wildman–Crippen LogP) is 5.39. The Labute approximate surface area is 226 Å². The summed E-state index contributed by atoms with van der Waals surface area (Å²) >= 11 is 0.834. The molecule has 3 heterocycles. The fourth-order valence-electron chi connectivity index (χ4n) is 4.72. The van der Waals surface area contributed by atoms with Gasteiger partial charge in [-0.2, -0.15) is 13.2 Å². The Bertz CT molecular complexity index is 1410. The van der Waals surface area contributed by atoms with Gasteiger partial charge in [0.2, 0.25) is 5.95 Å². The number of halogens is 3. The van der Waals surface area contributed by atoms with Crippen LogP contribution in [0.25, 0.3) is 17.3 Å². The van der Waals surface area contributed by atoms with Crippen LogP contribution in [0.5, 0.6) is 0 Å². The molecule has 0 atom stereocenters. The number of anilines is 1. The average molecular weight is 555 g/mol. The molecular weight excluding hydrogens is 529 g/mol. The van der Waals surface area contributed by atoms with Crippen LogP contribution in [0.1, 0.15) is 42.5 Å². The normalized spacial score (nSPS) is 20.7. The third-order valence-corrected chi connectivity index (χ3v) is 7.43. The van der Waals surface area contributed by atoms with Gasteiger partial charge in [0.05, 0.1) is 21.9 Å². The average Bonchev–Trinajstić information content (AvgIpc) is 3.24. The van der Waals surface area contributed by atoms with Crippen molar-refractivity contribution in [1.29, 1.82) is 0 Å². The third kappa shape index (κ3) is 6.63. The lowest BCUT2D eigenvalue weighted by Crippen LogP contribution is -2.37. The number of carbonyl (C=O) groups is 2. The zero-order valence-corrected chi connectivity index (χ0v) is 21.5. The monoisotopic (exact) mass is 554 g/mol. The van der Waals surface area contributed by atoms with Crippen molar-refractivity contribution in [3.05, 3.63) is 76.6 Å². The first-order valence-electron chi connectivity index (χ1n) is 12.4. The molecule has 12 heteroatoms. The molecule has 2 aromatic heterocycles. The molecule has 1 saturated heterocycles. The molecule has 2 aliphatic rings. The number of carbonyl (C=O) groups excluding carboxylic acids is 2. The van der Waals surface area contributed by atoms with Crippen LogP contribution in [0.2, 0.25) is 0 Å². The van der Waals surface area contributed by atoms with Gasteiger partial charge in [0.25, 0.3) is 11.1 Å². The van der Waals surface area contributed by atoms with E-state index in [0.717, 1.165) is 43.5 Å². The fourth-order valence-corrected chi connectivity index (χ4v) is 5.38. The fraction of sp³-hybridized carbons (Fsp3) is 0.296. The summed E-state index contributed by atoms with van der Waals surface area (Å²) in [7, 11) is 0. The molecule has 3 aromatic rings. The van der Waals surface area contributed by atoms with Gasteiger partial charge in [0, 0.05) is 36.6 Å². The summed E-state index contributed by atoms with van der Waals surface area (Å²) in [6.07, 6.45) is 3.65. The number of hydrogen-bond acceptors (Lipinski definition) is 8. The van der Waals surface area contributed by atoms with Crippen molar-refractivity contribution in [3.8, 4) is 11.3 Å². The number of imide groups is 1. The molecule has 202 valence electrons. The molecule has 1 saturated carbocycles. The molecule has 0 radical (unpaired) electrons. The minimum Gasteiger partial charge on any atom is -0.351 e. The predicted molar refractivity (Wildman–Crippen MR) is 142 cm³/mol. The highest BCUT2D eigenvalue weighted by Crippen LogP contribution is 2.37. The SMILES string of the molecule is O=C1NC(=O)C(=Cc2ccnc(NC3CCC(NCc4cccnc4-c4ccccc4C(F)(F)F)CC3)n2)S1. The van der Waals surface area contributed by atoms with Gasteiger partial charge in [-0.3, -0.25) is 19.9 Å². The maximum absolute atomic E-state index is 13.6. The van der Waals surface area contributed by atoms with E-state index in [1.54, 1.807) is 36.5 Å². The number of benzene rings is 1. The van der Waals surface area contributed by atoms with Crippen molar-refractivity contribution < 1.29 is 22.8 Å². The quantitative estimate of drug-likeness (QED) is 0.334. The largest absolute Gasteiger partial charge is 0.417 e. The molecule has 5 rings (SSSR count). The molecule has 2 amide bonds. The first-order chi connectivity index (χ1) is 18.8. The van der Waals surface area contributed by atoms with E-state index in [-0.39, 0.29) is 22.6 Å². The van der Waals surface area contributed by atoms with Crippen molar-refractivity contribution >= 4 is 34.9 Å². The minimum atomic E-state index is -4.46. The van der Waals surface area contributed by atoms with Gasteiger partial charge >= 0.3 is 6.18 Å². The van der Waals surface area contributed by atoms with E-state index in [0.29, 0.717) is 29.4 Å². The van der Waals surface area contributed by atoms with E-state index in [1.807, 2.05) is 0 Å². The van der Waals surface area contributed by atoms with Gasteiger partial charge in [-0.05, 0) is 67.3 Å². The van der Waals surface area contributed by atoms with Crippen LogP contribution in [0, 0.1) is 0 Å². The van der Waals surface area contributed by atoms with E-state index < -0.39 is 22.9 Å². The Kier molecular flexibility index (Phi) is 7.94. The molecular formula is C27H25F3N6O2S. The zero-order chi connectivity index (χ0) is 27.4. The van der Waals surface area contributed by atoms with Gasteiger partial charge in [0.15, 0.2) is 0 Å². The minimum absolute atomic E-state index is 0.0759. The number of nitrogens with zero attached hydrogens (tertiary/aromatic N) is 3. The van der Waals surface area contributed by atoms with E-state index in [4.69, 9.17) is 0 Å². The zero-order valence-electron chi connectivity index (χ0n) is 20.7. The Morgan fingerprint density at radius 2 is 1.74 bits per heavy atom. The number of nitrogens with one attached hydrogen (secondary N) is 3. The molecule has 39 heavy (non-hydrogen) atoms. The lowest BCUT2D eigenvalue weighted by atomic mass is 9.91. The van der Waals surface area contributed by atoms with Crippen LogP contribution in [0.15, 0.2) is 59.8 Å². The van der Waals surface area contributed by atoms with Gasteiger partial charge in [-0.15, -0.1) is 0 Å². The molecule has 8 nitrogen and oxygen atoms in total. The first-order valence-corrected chi connectivity index (χ1v) is 13.3. The van der Waals surface area contributed by atoms with Crippen LogP contribution in [0.4, 0.5) is 23.9 Å². The molecule has 1 aliphatic carbocycles. The van der Waals surface area contributed by atoms with Crippen molar-refractivity contribution in [1.82, 2.24) is 25.6 Å². The van der Waals surface area contributed by atoms with Crippen molar-refractivity contribution in [3.63, 3.8) is 0 Å². The second-order valence-corrected chi connectivity index (χ2v) is 10.3. The summed E-state index contributed by atoms with van der Waals surface area (Å²) < 4.78 is 40.8. The molecule has 3 N–H and O–H groups in total. The lowest BCUT2D eigenvalue weighted by Gasteiger charge is -2.30. The van der Waals surface area contributed by atoms with Crippen LogP contribution in [0.3, 0.4) is 0 Å². The maximum atomic E-state index is 13.6. The van der Waals surface area contributed by atoms with Crippen molar-refractivity contribution in [2.45, 2.75) is 50.5 Å². The highest BCUT2D eigenvalue weighted by molar-refractivity contribution is 8.18. The summed E-state index contributed by atoms with van der Waals surface area (Å²) in [4.78, 5) is 36.4. The molecule has 0 bridgehead atoms. The Morgan fingerprint density at radius 3 is 2.49 bits per heavy atom. The van der Waals surface area contributed by atoms with E-state index in [2.05, 4.69) is 30.9 Å². The standard InChI is InChI=1S/C27H25F3N6O2S/c28-27(29,30)21-6-2-1-5-20(21)23-16(4-3-12-31-23)15-33-17-7-9-18(10-8-17)34-25-32-13-11-19(35-25)14-22-24(37)36-26(38)39-22/h1-6,11-14,17-18,33H,7-10,15H2,(H,32,34,35)(H,36,37,38). The van der Waals surface area contributed by atoms with Gasteiger partial charge in [-0.1, -0.05) is 24.3 Å². The third-order valence-electron chi connectivity index (χ3n) is 6.62. The smallest absolute Gasteiger partial charge is 0.351 e. The Morgan fingerprint density at radius 1 is 0.974 bits per heavy atom. The summed E-state index contributed by atoms with van der Waals surface area (Å²) in [5, 5.41) is 8.64. The number of amides is 2. The van der Waals surface area contributed by atoms with Crippen LogP contribution in [-0.4, -0.2) is 38.2 Å². The highest BCUT2D eigenvalue weighted by Gasteiger charge is 2.34. The van der Waals surface area contributed by atoms with E-state index in [9.17, 15) is 22.8 Å². The number of rotatable bonds is 7. The van der Waals surface area contributed by atoms with Gasteiger partial charge in [0.1, 0.15) is 0 Å². The summed E-state index contributed by atoms with van der Waals surface area (Å²) in [5.74, 6) is 0.00531. The highest BCUT2D eigenvalue weighted by atomic mass is 32.2. The number of pyridine rings is 1. The van der Waals surface area contributed by atoms with Gasteiger partial charge in [-0.25, -0.2) is 9.97 Å². The Hall–Kier alpha value is -3.77. The second-order valence-electron chi connectivity index (χ2n) is 9.29. The van der Waals surface area contributed by atoms with Crippen molar-refractivity contribution in [2.24, 2.45) is 0 Å². The number of thioether (sulfide) groups is 1. The maximum Gasteiger partial charge on any atom is 0.417 e. The summed E-state index contributed by atoms with van der Waals surface area (Å²) in [5.41, 5.74) is 0.946. The topological polar surface area (TPSA) is 109 Å². The number of alkyl halides is 3. The molecule has 0 spiro atoms. The molecule has 0 unspecified atom stereocenters.